The number of sulfonamides is 1. The molecule has 21 heavy (non-hydrogen) atoms. The molecule has 1 saturated heterocycles. The first-order valence-electron chi connectivity index (χ1n) is 7.14. The van der Waals surface area contributed by atoms with E-state index in [9.17, 15) is 13.2 Å². The molecule has 0 aliphatic carbocycles. The Kier molecular flexibility index (Phi) is 5.33. The Morgan fingerprint density at radius 1 is 1.24 bits per heavy atom. The van der Waals surface area contributed by atoms with Crippen molar-refractivity contribution in [1.29, 1.82) is 0 Å². The molecule has 1 aromatic rings. The van der Waals surface area contributed by atoms with Crippen LogP contribution in [-0.4, -0.2) is 34.0 Å². The summed E-state index contributed by atoms with van der Waals surface area (Å²) in [6.07, 6.45) is 1.66. The van der Waals surface area contributed by atoms with Crippen molar-refractivity contribution in [2.24, 2.45) is 5.92 Å². The zero-order valence-electron chi connectivity index (χ0n) is 12.1. The summed E-state index contributed by atoms with van der Waals surface area (Å²) in [5, 5.41) is 6.06. The Morgan fingerprint density at radius 3 is 2.43 bits per heavy atom. The molecule has 1 fully saturated rings. The number of rotatable bonds is 5. The molecule has 1 aromatic carbocycles. The maximum Gasteiger partial charge on any atom is 0.240 e. The van der Waals surface area contributed by atoms with Crippen LogP contribution in [0.25, 0.3) is 0 Å². The van der Waals surface area contributed by atoms with Crippen LogP contribution >= 0.6 is 0 Å². The number of benzene rings is 1. The van der Waals surface area contributed by atoms with Gasteiger partial charge >= 0.3 is 0 Å². The first-order valence-corrected chi connectivity index (χ1v) is 8.62. The molecular weight excluding hydrogens is 290 g/mol. The minimum Gasteiger partial charge on any atom is -0.326 e. The van der Waals surface area contributed by atoms with E-state index in [0.29, 0.717) is 12.2 Å². The summed E-state index contributed by atoms with van der Waals surface area (Å²) < 4.78 is 26.0. The van der Waals surface area contributed by atoms with E-state index in [1.54, 1.807) is 19.1 Å². The van der Waals surface area contributed by atoms with E-state index in [-0.39, 0.29) is 16.7 Å². The van der Waals surface area contributed by atoms with E-state index >= 15 is 0 Å². The smallest absolute Gasteiger partial charge is 0.240 e. The molecule has 0 bridgehead atoms. The molecule has 1 aliphatic heterocycles. The highest BCUT2D eigenvalue weighted by Gasteiger charge is 2.21. The second-order valence-corrected chi connectivity index (χ2v) is 6.81. The number of carbonyl (C=O) groups excluding carboxylic acids is 1. The number of nitrogens with one attached hydrogen (secondary N) is 3. The topological polar surface area (TPSA) is 87.3 Å². The van der Waals surface area contributed by atoms with Crippen LogP contribution < -0.4 is 15.4 Å². The molecule has 1 heterocycles. The molecule has 0 spiro atoms. The van der Waals surface area contributed by atoms with Gasteiger partial charge < -0.3 is 10.6 Å². The van der Waals surface area contributed by atoms with Crippen LogP contribution in [0, 0.1) is 5.92 Å². The van der Waals surface area contributed by atoms with Crippen molar-refractivity contribution in [2.75, 3.05) is 25.0 Å². The molecule has 2 rings (SSSR count). The highest BCUT2D eigenvalue weighted by atomic mass is 32.2. The monoisotopic (exact) mass is 311 g/mol. The minimum atomic E-state index is -3.45. The molecule has 1 amide bonds. The van der Waals surface area contributed by atoms with Gasteiger partial charge in [0, 0.05) is 18.2 Å². The summed E-state index contributed by atoms with van der Waals surface area (Å²) in [6.45, 7) is 3.79. The number of hydrogen-bond donors (Lipinski definition) is 3. The lowest BCUT2D eigenvalue weighted by Gasteiger charge is -2.21. The zero-order valence-corrected chi connectivity index (χ0v) is 12.9. The third-order valence-corrected chi connectivity index (χ3v) is 5.04. The lowest BCUT2D eigenvalue weighted by atomic mass is 9.97. The molecule has 7 heteroatoms. The van der Waals surface area contributed by atoms with Crippen LogP contribution in [0.4, 0.5) is 5.69 Å². The summed E-state index contributed by atoms with van der Waals surface area (Å²) in [6, 6.07) is 6.22. The highest BCUT2D eigenvalue weighted by Crippen LogP contribution is 2.17. The van der Waals surface area contributed by atoms with Gasteiger partial charge in [0.05, 0.1) is 4.90 Å². The second-order valence-electron chi connectivity index (χ2n) is 5.04. The third kappa shape index (κ3) is 4.26. The van der Waals surface area contributed by atoms with Gasteiger partial charge in [0.1, 0.15) is 0 Å². The van der Waals surface area contributed by atoms with Crippen molar-refractivity contribution in [1.82, 2.24) is 10.0 Å². The fourth-order valence-corrected chi connectivity index (χ4v) is 3.36. The van der Waals surface area contributed by atoms with Crippen LogP contribution in [-0.2, 0) is 14.8 Å². The maximum absolute atomic E-state index is 12.1. The fourth-order valence-electron chi connectivity index (χ4n) is 2.32. The number of piperidine rings is 1. The predicted octanol–water partition coefficient (Wildman–Crippen LogP) is 0.923. The normalized spacial score (nSPS) is 16.6. The Bertz CT molecular complexity index is 578. The van der Waals surface area contributed by atoms with Crippen LogP contribution in [0.1, 0.15) is 19.8 Å². The van der Waals surface area contributed by atoms with E-state index in [4.69, 9.17) is 0 Å². The lowest BCUT2D eigenvalue weighted by molar-refractivity contribution is -0.120. The zero-order chi connectivity index (χ0) is 15.3. The summed E-state index contributed by atoms with van der Waals surface area (Å²) >= 11 is 0. The van der Waals surface area contributed by atoms with Crippen molar-refractivity contribution in [3.8, 4) is 0 Å². The van der Waals surface area contributed by atoms with Gasteiger partial charge in [-0.2, -0.15) is 0 Å². The van der Waals surface area contributed by atoms with Gasteiger partial charge in [-0.3, -0.25) is 4.79 Å². The van der Waals surface area contributed by atoms with Crippen molar-refractivity contribution in [3.63, 3.8) is 0 Å². The van der Waals surface area contributed by atoms with Crippen LogP contribution in [0.15, 0.2) is 29.2 Å². The molecule has 0 radical (unpaired) electrons. The molecular formula is C14H21N3O3S. The van der Waals surface area contributed by atoms with E-state index in [1.807, 2.05) is 0 Å². The quantitative estimate of drug-likeness (QED) is 0.755. The first kappa shape index (κ1) is 15.9. The average molecular weight is 311 g/mol. The number of hydrogen-bond acceptors (Lipinski definition) is 4. The fraction of sp³-hybridized carbons (Fsp3) is 0.500. The average Bonchev–Trinajstić information content (AvgIpc) is 2.48. The van der Waals surface area contributed by atoms with Gasteiger partial charge in [0.25, 0.3) is 0 Å². The van der Waals surface area contributed by atoms with Gasteiger partial charge in [0.2, 0.25) is 15.9 Å². The summed E-state index contributed by atoms with van der Waals surface area (Å²) in [5.41, 5.74) is 0.619. The minimum absolute atomic E-state index is 0.00112. The Hall–Kier alpha value is -1.44. The molecule has 3 N–H and O–H groups in total. The van der Waals surface area contributed by atoms with Crippen molar-refractivity contribution >= 4 is 21.6 Å². The van der Waals surface area contributed by atoms with E-state index in [2.05, 4.69) is 15.4 Å². The maximum atomic E-state index is 12.1. The molecule has 0 saturated carbocycles. The number of anilines is 1. The first-order chi connectivity index (χ1) is 10.0. The number of carbonyl (C=O) groups is 1. The van der Waals surface area contributed by atoms with Crippen molar-refractivity contribution < 1.29 is 13.2 Å². The van der Waals surface area contributed by atoms with Crippen molar-refractivity contribution in [2.45, 2.75) is 24.7 Å². The van der Waals surface area contributed by atoms with Gasteiger partial charge in [0.15, 0.2) is 0 Å². The van der Waals surface area contributed by atoms with Gasteiger partial charge in [-0.25, -0.2) is 13.1 Å². The Balaban J connectivity index is 2.00. The third-order valence-electron chi connectivity index (χ3n) is 3.48. The van der Waals surface area contributed by atoms with Crippen LogP contribution in [0.2, 0.25) is 0 Å². The Labute approximate surface area is 125 Å². The summed E-state index contributed by atoms with van der Waals surface area (Å²) in [7, 11) is -3.45. The second kappa shape index (κ2) is 7.02. The standard InChI is InChI=1S/C14H21N3O3S/c1-2-16-21(19,20)13-5-3-12(4-6-13)17-14(18)11-7-9-15-10-8-11/h3-6,11,15-16H,2,7-10H2,1H3,(H,17,18). The highest BCUT2D eigenvalue weighted by molar-refractivity contribution is 7.89. The SMILES string of the molecule is CCNS(=O)(=O)c1ccc(NC(=O)C2CCNCC2)cc1. The van der Waals surface area contributed by atoms with E-state index in [0.717, 1.165) is 25.9 Å². The largest absolute Gasteiger partial charge is 0.326 e. The molecule has 0 atom stereocenters. The van der Waals surface area contributed by atoms with Crippen molar-refractivity contribution in [3.05, 3.63) is 24.3 Å². The van der Waals surface area contributed by atoms with Crippen LogP contribution in [0.3, 0.4) is 0 Å². The number of amides is 1. The molecule has 1 aliphatic rings. The van der Waals surface area contributed by atoms with Crippen LogP contribution in [0.5, 0.6) is 0 Å². The van der Waals surface area contributed by atoms with E-state index < -0.39 is 10.0 Å². The van der Waals surface area contributed by atoms with Gasteiger partial charge in [-0.15, -0.1) is 0 Å². The molecule has 0 unspecified atom stereocenters. The van der Waals surface area contributed by atoms with E-state index in [1.165, 1.54) is 12.1 Å². The predicted molar refractivity (Wildman–Crippen MR) is 81.5 cm³/mol. The summed E-state index contributed by atoms with van der Waals surface area (Å²) in [5.74, 6) is 0.0233. The molecule has 6 nitrogen and oxygen atoms in total. The lowest BCUT2D eigenvalue weighted by Crippen LogP contribution is -2.34. The van der Waals surface area contributed by atoms with Gasteiger partial charge in [-0.1, -0.05) is 6.92 Å². The molecule has 116 valence electrons. The summed E-state index contributed by atoms with van der Waals surface area (Å²) in [4.78, 5) is 12.3. The Morgan fingerprint density at radius 2 is 1.86 bits per heavy atom. The van der Waals surface area contributed by atoms with Gasteiger partial charge in [-0.05, 0) is 50.2 Å². The molecule has 0 aromatic heterocycles.